The van der Waals surface area contributed by atoms with Gasteiger partial charge < -0.3 is 5.11 Å². The minimum atomic E-state index is 0.199. The average molecular weight is 268 g/mol. The van der Waals surface area contributed by atoms with E-state index in [-0.39, 0.29) is 5.75 Å². The van der Waals surface area contributed by atoms with Gasteiger partial charge in [-0.3, -0.25) is 4.98 Å². The summed E-state index contributed by atoms with van der Waals surface area (Å²) in [6, 6.07) is 5.71. The number of nitrogens with zero attached hydrogens (tertiary/aromatic N) is 1. The first kappa shape index (κ1) is 12.0. The third-order valence-corrected chi connectivity index (χ3v) is 2.47. The summed E-state index contributed by atoms with van der Waals surface area (Å²) < 4.78 is 0.961. The van der Waals surface area contributed by atoms with Crippen molar-refractivity contribution in [2.75, 3.05) is 0 Å². The number of hydrogen-bond acceptors (Lipinski definition) is 2. The summed E-state index contributed by atoms with van der Waals surface area (Å²) in [5.41, 5.74) is 2.02. The van der Waals surface area contributed by atoms with E-state index in [4.69, 9.17) is 0 Å². The predicted molar refractivity (Wildman–Crippen MR) is 67.2 cm³/mol. The van der Waals surface area contributed by atoms with Crippen LogP contribution in [0.15, 0.2) is 28.9 Å². The first-order valence-corrected chi connectivity index (χ1v) is 5.71. The Labute approximate surface area is 98.1 Å². The van der Waals surface area contributed by atoms with Gasteiger partial charge in [0.15, 0.2) is 0 Å². The molecule has 0 aliphatic carbocycles. The van der Waals surface area contributed by atoms with Crippen LogP contribution in [0.25, 0.3) is 10.9 Å². The second-order valence-electron chi connectivity index (χ2n) is 3.01. The molecule has 0 aliphatic heterocycles. The van der Waals surface area contributed by atoms with E-state index < -0.39 is 0 Å². The molecule has 2 rings (SSSR count). The number of aromatic nitrogens is 1. The van der Waals surface area contributed by atoms with Crippen molar-refractivity contribution < 1.29 is 5.11 Å². The highest BCUT2D eigenvalue weighted by Gasteiger charge is 2.01. The third-order valence-electron chi connectivity index (χ3n) is 1.87. The maximum atomic E-state index is 9.23. The summed E-state index contributed by atoms with van der Waals surface area (Å²) in [5.74, 6) is 0.199. The van der Waals surface area contributed by atoms with Gasteiger partial charge in [0.1, 0.15) is 5.75 Å². The monoisotopic (exact) mass is 267 g/mol. The second kappa shape index (κ2) is 5.12. The van der Waals surface area contributed by atoms with Crippen molar-refractivity contribution in [2.45, 2.75) is 20.8 Å². The number of halogens is 1. The van der Waals surface area contributed by atoms with E-state index in [2.05, 4.69) is 20.9 Å². The van der Waals surface area contributed by atoms with Crippen LogP contribution in [-0.2, 0) is 0 Å². The number of hydrogen-bond donors (Lipinski definition) is 1. The van der Waals surface area contributed by atoms with Gasteiger partial charge in [-0.15, -0.1) is 0 Å². The molecule has 0 saturated heterocycles. The maximum Gasteiger partial charge on any atom is 0.134 e. The van der Waals surface area contributed by atoms with Crippen molar-refractivity contribution >= 4 is 26.8 Å². The molecular formula is C12H14BrNO. The summed E-state index contributed by atoms with van der Waals surface area (Å²) in [5, 5.41) is 10.2. The van der Waals surface area contributed by atoms with Crippen molar-refractivity contribution in [3.05, 3.63) is 34.4 Å². The molecule has 1 heterocycles. The van der Waals surface area contributed by atoms with Crippen LogP contribution >= 0.6 is 15.9 Å². The van der Waals surface area contributed by atoms with Gasteiger partial charge >= 0.3 is 0 Å². The molecule has 0 unspecified atom stereocenters. The second-order valence-corrected chi connectivity index (χ2v) is 3.87. The van der Waals surface area contributed by atoms with Crippen molar-refractivity contribution in [2.24, 2.45) is 0 Å². The van der Waals surface area contributed by atoms with Crippen molar-refractivity contribution in [1.29, 1.82) is 0 Å². The Hall–Kier alpha value is -1.09. The summed E-state index contributed by atoms with van der Waals surface area (Å²) in [7, 11) is 0. The molecule has 0 aliphatic rings. The highest BCUT2D eigenvalue weighted by atomic mass is 79.9. The fraction of sp³-hybridized carbons (Fsp3) is 0.250. The fourth-order valence-corrected chi connectivity index (χ4v) is 2.03. The van der Waals surface area contributed by atoms with E-state index in [0.717, 1.165) is 20.9 Å². The Morgan fingerprint density at radius 2 is 1.87 bits per heavy atom. The lowest BCUT2D eigenvalue weighted by molar-refractivity contribution is 0.474. The van der Waals surface area contributed by atoms with E-state index in [1.54, 1.807) is 6.07 Å². The Bertz CT molecular complexity index is 463. The number of pyridine rings is 1. The molecule has 0 radical (unpaired) electrons. The van der Waals surface area contributed by atoms with Crippen LogP contribution in [0.1, 0.15) is 19.4 Å². The topological polar surface area (TPSA) is 33.1 Å². The van der Waals surface area contributed by atoms with E-state index in [9.17, 15) is 5.11 Å². The molecule has 0 saturated carbocycles. The van der Waals surface area contributed by atoms with Crippen LogP contribution in [0.5, 0.6) is 5.75 Å². The lowest BCUT2D eigenvalue weighted by atomic mass is 10.1. The van der Waals surface area contributed by atoms with E-state index in [0.29, 0.717) is 0 Å². The van der Waals surface area contributed by atoms with E-state index in [1.807, 2.05) is 32.9 Å². The van der Waals surface area contributed by atoms with Gasteiger partial charge in [0.2, 0.25) is 0 Å². The lowest BCUT2D eigenvalue weighted by Crippen LogP contribution is -1.82. The van der Waals surface area contributed by atoms with Gasteiger partial charge in [0.25, 0.3) is 0 Å². The molecule has 1 aromatic carbocycles. The normalized spacial score (nSPS) is 9.60. The van der Waals surface area contributed by atoms with Crippen LogP contribution in [0.2, 0.25) is 0 Å². The number of aromatic hydroxyl groups is 1. The minimum Gasteiger partial charge on any atom is -0.506 e. The van der Waals surface area contributed by atoms with Gasteiger partial charge in [-0.2, -0.15) is 0 Å². The van der Waals surface area contributed by atoms with Gasteiger partial charge in [0.05, 0.1) is 11.7 Å². The summed E-state index contributed by atoms with van der Waals surface area (Å²) >= 11 is 3.43. The minimum absolute atomic E-state index is 0.199. The Morgan fingerprint density at radius 3 is 2.53 bits per heavy atom. The zero-order chi connectivity index (χ0) is 11.4. The molecule has 1 aromatic heterocycles. The number of rotatable bonds is 0. The van der Waals surface area contributed by atoms with Gasteiger partial charge in [-0.1, -0.05) is 13.8 Å². The van der Waals surface area contributed by atoms with Gasteiger partial charge in [-0.25, -0.2) is 0 Å². The standard InChI is InChI=1S/C10H8BrNO.C2H6/c1-6-2-7-4-8(13)5-12-10(7)9(11)3-6;1-2/h2-5,13H,1H3;1-2H3. The molecule has 0 fully saturated rings. The molecule has 2 nitrogen and oxygen atoms in total. The lowest BCUT2D eigenvalue weighted by Gasteiger charge is -2.01. The molecule has 0 atom stereocenters. The molecule has 3 heteroatoms. The first-order valence-electron chi connectivity index (χ1n) is 4.92. The predicted octanol–water partition coefficient (Wildman–Crippen LogP) is 4.04. The quantitative estimate of drug-likeness (QED) is 0.782. The van der Waals surface area contributed by atoms with Crippen LogP contribution in [0, 0.1) is 6.92 Å². The van der Waals surface area contributed by atoms with E-state index in [1.165, 1.54) is 6.20 Å². The Balaban J connectivity index is 0.000000531. The number of aryl methyl sites for hydroxylation is 1. The summed E-state index contributed by atoms with van der Waals surface area (Å²) in [4.78, 5) is 4.12. The highest BCUT2D eigenvalue weighted by Crippen LogP contribution is 2.25. The van der Waals surface area contributed by atoms with Gasteiger partial charge in [0, 0.05) is 9.86 Å². The SMILES string of the molecule is CC.Cc1cc(Br)c2ncc(O)cc2c1. The first-order chi connectivity index (χ1) is 7.16. The van der Waals surface area contributed by atoms with Crippen LogP contribution in [0.4, 0.5) is 0 Å². The van der Waals surface area contributed by atoms with Crippen LogP contribution < -0.4 is 0 Å². The van der Waals surface area contributed by atoms with Crippen molar-refractivity contribution in [3.63, 3.8) is 0 Å². The average Bonchev–Trinajstić information content (AvgIpc) is 2.19. The molecule has 0 bridgehead atoms. The highest BCUT2D eigenvalue weighted by molar-refractivity contribution is 9.10. The maximum absolute atomic E-state index is 9.23. The molecule has 80 valence electrons. The third kappa shape index (κ3) is 2.69. The Kier molecular flexibility index (Phi) is 4.09. The number of fused-ring (bicyclic) bond motifs is 1. The van der Waals surface area contributed by atoms with Crippen molar-refractivity contribution in [1.82, 2.24) is 4.98 Å². The molecule has 0 amide bonds. The molecule has 15 heavy (non-hydrogen) atoms. The molecule has 1 N–H and O–H groups in total. The molecule has 0 spiro atoms. The van der Waals surface area contributed by atoms with Crippen LogP contribution in [-0.4, -0.2) is 10.1 Å². The van der Waals surface area contributed by atoms with E-state index >= 15 is 0 Å². The molecular weight excluding hydrogens is 254 g/mol. The number of benzene rings is 1. The fourth-order valence-electron chi connectivity index (χ4n) is 1.33. The Morgan fingerprint density at radius 1 is 1.20 bits per heavy atom. The zero-order valence-electron chi connectivity index (χ0n) is 9.08. The zero-order valence-corrected chi connectivity index (χ0v) is 10.7. The largest absolute Gasteiger partial charge is 0.506 e. The van der Waals surface area contributed by atoms with Gasteiger partial charge in [-0.05, 0) is 46.6 Å². The summed E-state index contributed by atoms with van der Waals surface area (Å²) in [6.07, 6.45) is 1.45. The summed E-state index contributed by atoms with van der Waals surface area (Å²) in [6.45, 7) is 6.01. The van der Waals surface area contributed by atoms with Crippen molar-refractivity contribution in [3.8, 4) is 5.75 Å². The van der Waals surface area contributed by atoms with Crippen LogP contribution in [0.3, 0.4) is 0 Å². The smallest absolute Gasteiger partial charge is 0.134 e. The molecule has 2 aromatic rings.